The Kier molecular flexibility index (Phi) is 11.7. The van der Waals surface area contributed by atoms with Crippen LogP contribution in [0.25, 0.3) is 0 Å². The quantitative estimate of drug-likeness (QED) is 0.171. The van der Waals surface area contributed by atoms with Gasteiger partial charge in [-0.2, -0.15) is 0 Å². The summed E-state index contributed by atoms with van der Waals surface area (Å²) >= 11 is 0. The van der Waals surface area contributed by atoms with Gasteiger partial charge in [-0.15, -0.1) is 0 Å². The molecule has 212 valence electrons. The number of unbranched alkanes of at least 4 members (excludes halogenated alkanes) is 1. The number of aryl methyl sites for hydroxylation is 2. The van der Waals surface area contributed by atoms with Gasteiger partial charge in [-0.1, -0.05) is 76.9 Å². The zero-order chi connectivity index (χ0) is 28.5. The highest BCUT2D eigenvalue weighted by Gasteiger charge is 2.34. The molecule has 0 fully saturated rings. The maximum atomic E-state index is 13.7. The molecule has 0 N–H and O–H groups in total. The standard InChI is InChI=1S/C36H50O3/c1-7-14-30(31(8-2)34(38)19-25(5)37)20-28-21-33-32(24(3)4)23-29(26(6)36(33)35(39)22-28)18-13-12-17-27-15-10-9-11-16-27/h9-11,15-16,23-24,28,30-31H,7-8,12-14,17-22H2,1-6H3. The number of Topliss-reactive ketones (excluding diaryl/α,β-unsaturated/α-hetero) is 3. The van der Waals surface area contributed by atoms with E-state index in [9.17, 15) is 14.4 Å². The molecule has 0 radical (unpaired) electrons. The second-order valence-electron chi connectivity index (χ2n) is 12.3. The van der Waals surface area contributed by atoms with E-state index in [4.69, 9.17) is 0 Å². The second kappa shape index (κ2) is 14.7. The average molecular weight is 531 g/mol. The zero-order valence-corrected chi connectivity index (χ0v) is 25.3. The molecule has 0 saturated carbocycles. The number of fused-ring (bicyclic) bond motifs is 1. The van der Waals surface area contributed by atoms with Crippen molar-refractivity contribution in [1.29, 1.82) is 0 Å². The van der Waals surface area contributed by atoms with Gasteiger partial charge in [0.15, 0.2) is 5.78 Å². The van der Waals surface area contributed by atoms with Gasteiger partial charge in [0, 0.05) is 17.9 Å². The summed E-state index contributed by atoms with van der Waals surface area (Å²) in [4.78, 5) is 38.3. The molecule has 3 rings (SSSR count). The smallest absolute Gasteiger partial charge is 0.163 e. The molecule has 0 saturated heterocycles. The van der Waals surface area contributed by atoms with Crippen LogP contribution < -0.4 is 0 Å². The van der Waals surface area contributed by atoms with Crippen molar-refractivity contribution in [3.63, 3.8) is 0 Å². The van der Waals surface area contributed by atoms with Gasteiger partial charge in [-0.3, -0.25) is 14.4 Å². The zero-order valence-electron chi connectivity index (χ0n) is 25.3. The van der Waals surface area contributed by atoms with E-state index in [-0.39, 0.29) is 41.5 Å². The lowest BCUT2D eigenvalue weighted by Crippen LogP contribution is -2.30. The number of hydrogen-bond acceptors (Lipinski definition) is 3. The molecular formula is C36H50O3. The van der Waals surface area contributed by atoms with E-state index < -0.39 is 0 Å². The Morgan fingerprint density at radius 2 is 1.69 bits per heavy atom. The summed E-state index contributed by atoms with van der Waals surface area (Å²) in [6.45, 7) is 12.4. The molecule has 2 aromatic carbocycles. The van der Waals surface area contributed by atoms with Gasteiger partial charge in [0.25, 0.3) is 0 Å². The second-order valence-corrected chi connectivity index (χ2v) is 12.3. The molecule has 1 aliphatic carbocycles. The first-order valence-corrected chi connectivity index (χ1v) is 15.4. The molecule has 0 aromatic heterocycles. The predicted octanol–water partition coefficient (Wildman–Crippen LogP) is 8.81. The van der Waals surface area contributed by atoms with Crippen LogP contribution in [0.4, 0.5) is 0 Å². The molecule has 3 heteroatoms. The third-order valence-electron chi connectivity index (χ3n) is 8.85. The van der Waals surface area contributed by atoms with Gasteiger partial charge in [0.1, 0.15) is 11.6 Å². The number of ketones is 3. The van der Waals surface area contributed by atoms with Crippen molar-refractivity contribution in [2.24, 2.45) is 17.8 Å². The van der Waals surface area contributed by atoms with Crippen molar-refractivity contribution >= 4 is 17.3 Å². The molecule has 1 aliphatic rings. The molecular weight excluding hydrogens is 480 g/mol. The molecule has 3 unspecified atom stereocenters. The fourth-order valence-corrected chi connectivity index (χ4v) is 6.95. The Hall–Kier alpha value is -2.55. The monoisotopic (exact) mass is 530 g/mol. The first-order chi connectivity index (χ1) is 18.7. The molecule has 0 spiro atoms. The summed E-state index contributed by atoms with van der Waals surface area (Å²) in [5.74, 6) is 1.08. The van der Waals surface area contributed by atoms with Gasteiger partial charge in [0.05, 0.1) is 6.42 Å². The minimum Gasteiger partial charge on any atom is -0.300 e. The Morgan fingerprint density at radius 3 is 2.31 bits per heavy atom. The fraction of sp³-hybridized carbons (Fsp3) is 0.583. The summed E-state index contributed by atoms with van der Waals surface area (Å²) in [5.41, 5.74) is 7.49. The normalized spacial score (nSPS) is 16.7. The van der Waals surface area contributed by atoms with Crippen LogP contribution in [0.2, 0.25) is 0 Å². The molecule has 3 nitrogen and oxygen atoms in total. The molecule has 0 aliphatic heterocycles. The summed E-state index contributed by atoms with van der Waals surface area (Å²) in [6.07, 6.45) is 9.52. The molecule has 39 heavy (non-hydrogen) atoms. The van der Waals surface area contributed by atoms with Gasteiger partial charge >= 0.3 is 0 Å². The van der Waals surface area contributed by atoms with Crippen molar-refractivity contribution in [1.82, 2.24) is 0 Å². The van der Waals surface area contributed by atoms with Crippen LogP contribution in [-0.4, -0.2) is 17.3 Å². The van der Waals surface area contributed by atoms with E-state index in [1.54, 1.807) is 0 Å². The van der Waals surface area contributed by atoms with Crippen LogP contribution in [0, 0.1) is 24.7 Å². The maximum Gasteiger partial charge on any atom is 0.163 e. The highest BCUT2D eigenvalue weighted by atomic mass is 16.1. The molecule has 0 amide bonds. The Labute approximate surface area is 237 Å². The van der Waals surface area contributed by atoms with Crippen LogP contribution in [-0.2, 0) is 28.9 Å². The lowest BCUT2D eigenvalue weighted by molar-refractivity contribution is -0.129. The topological polar surface area (TPSA) is 51.2 Å². The van der Waals surface area contributed by atoms with Gasteiger partial charge in [-0.25, -0.2) is 0 Å². The molecule has 3 atom stereocenters. The Bertz CT molecular complexity index is 1130. The van der Waals surface area contributed by atoms with Crippen molar-refractivity contribution in [2.75, 3.05) is 0 Å². The first-order valence-electron chi connectivity index (χ1n) is 15.4. The van der Waals surface area contributed by atoms with E-state index in [1.165, 1.54) is 34.7 Å². The van der Waals surface area contributed by atoms with Crippen LogP contribution in [0.1, 0.15) is 130 Å². The largest absolute Gasteiger partial charge is 0.300 e. The first kappa shape index (κ1) is 31.0. The minimum absolute atomic E-state index is 0.0377. The highest BCUT2D eigenvalue weighted by molar-refractivity contribution is 6.01. The van der Waals surface area contributed by atoms with E-state index in [2.05, 4.69) is 71.0 Å². The molecule has 0 bridgehead atoms. The van der Waals surface area contributed by atoms with E-state index in [1.807, 2.05) is 0 Å². The summed E-state index contributed by atoms with van der Waals surface area (Å²) in [5, 5.41) is 0. The predicted molar refractivity (Wildman–Crippen MR) is 162 cm³/mol. The molecule has 2 aromatic rings. The lowest BCUT2D eigenvalue weighted by Gasteiger charge is -2.33. The molecule has 0 heterocycles. The summed E-state index contributed by atoms with van der Waals surface area (Å²) in [6, 6.07) is 13.1. The van der Waals surface area contributed by atoms with Crippen molar-refractivity contribution in [2.45, 2.75) is 118 Å². The van der Waals surface area contributed by atoms with E-state index in [0.717, 1.165) is 63.4 Å². The number of carbonyl (C=O) groups excluding carboxylic acids is 3. The van der Waals surface area contributed by atoms with Crippen molar-refractivity contribution < 1.29 is 14.4 Å². The van der Waals surface area contributed by atoms with Gasteiger partial charge in [-0.05, 0) is 104 Å². The Morgan fingerprint density at radius 1 is 1.00 bits per heavy atom. The van der Waals surface area contributed by atoms with Gasteiger partial charge < -0.3 is 0 Å². The maximum absolute atomic E-state index is 13.7. The Balaban J connectivity index is 1.79. The highest BCUT2D eigenvalue weighted by Crippen LogP contribution is 2.40. The van der Waals surface area contributed by atoms with E-state index >= 15 is 0 Å². The third kappa shape index (κ3) is 8.22. The van der Waals surface area contributed by atoms with Gasteiger partial charge in [0.2, 0.25) is 0 Å². The van der Waals surface area contributed by atoms with Crippen LogP contribution in [0.5, 0.6) is 0 Å². The SMILES string of the molecule is CCCC(CC1CC(=O)c2c(C)c(CCCCc3ccccc3)cc(C(C)C)c2C1)C(CC)C(=O)CC(C)=O. The fourth-order valence-electron chi connectivity index (χ4n) is 6.95. The number of carbonyl (C=O) groups is 3. The van der Waals surface area contributed by atoms with Crippen LogP contribution in [0.15, 0.2) is 36.4 Å². The summed E-state index contributed by atoms with van der Waals surface area (Å²) in [7, 11) is 0. The van der Waals surface area contributed by atoms with E-state index in [0.29, 0.717) is 12.3 Å². The van der Waals surface area contributed by atoms with Crippen molar-refractivity contribution in [3.8, 4) is 0 Å². The number of benzene rings is 2. The van der Waals surface area contributed by atoms with Crippen molar-refractivity contribution in [3.05, 3.63) is 69.8 Å². The van der Waals surface area contributed by atoms with Crippen LogP contribution >= 0.6 is 0 Å². The number of hydrogen-bond donors (Lipinski definition) is 0. The summed E-state index contributed by atoms with van der Waals surface area (Å²) < 4.78 is 0. The lowest BCUT2D eigenvalue weighted by atomic mass is 9.70. The number of rotatable bonds is 15. The minimum atomic E-state index is -0.0880. The van der Waals surface area contributed by atoms with Crippen LogP contribution in [0.3, 0.4) is 0 Å². The third-order valence-corrected chi connectivity index (χ3v) is 8.85. The average Bonchev–Trinajstić information content (AvgIpc) is 2.88.